The highest BCUT2D eigenvalue weighted by molar-refractivity contribution is 8.20. The average Bonchev–Trinajstić information content (AvgIpc) is 4.00. The molecule has 4 aromatic carbocycles. The molecular formula is C44H42N4S4. The number of benzene rings is 4. The Kier molecular flexibility index (Phi) is 10.4. The molecule has 0 saturated heterocycles. The Morgan fingerprint density at radius 1 is 0.442 bits per heavy atom. The van der Waals surface area contributed by atoms with Crippen molar-refractivity contribution >= 4 is 79.0 Å². The maximum atomic E-state index is 5.15. The van der Waals surface area contributed by atoms with Crippen LogP contribution in [-0.2, 0) is 12.8 Å². The maximum Gasteiger partial charge on any atom is 0.135 e. The number of anilines is 4. The van der Waals surface area contributed by atoms with E-state index < -0.39 is 0 Å². The lowest BCUT2D eigenvalue weighted by Crippen LogP contribution is -2.09. The molecule has 2 aliphatic heterocycles. The summed E-state index contributed by atoms with van der Waals surface area (Å²) in [7, 11) is 4.27. The van der Waals surface area contributed by atoms with Gasteiger partial charge in [-0.1, -0.05) is 98.7 Å². The third kappa shape index (κ3) is 7.40. The topological polar surface area (TPSA) is 31.2 Å². The number of fused-ring (bicyclic) bond motifs is 1. The molecule has 262 valence electrons. The summed E-state index contributed by atoms with van der Waals surface area (Å²) >= 11 is 7.24. The molecule has 8 rings (SSSR count). The van der Waals surface area contributed by atoms with E-state index in [4.69, 9.17) is 9.98 Å². The molecule has 0 spiro atoms. The second-order valence-electron chi connectivity index (χ2n) is 13.3. The molecule has 0 radical (unpaired) electrons. The zero-order valence-electron chi connectivity index (χ0n) is 30.0. The molecule has 2 aromatic heterocycles. The van der Waals surface area contributed by atoms with Crippen LogP contribution in [0.25, 0.3) is 20.9 Å². The fourth-order valence-electron chi connectivity index (χ4n) is 6.62. The van der Waals surface area contributed by atoms with Gasteiger partial charge in [-0.15, -0.1) is 22.7 Å². The maximum absolute atomic E-state index is 5.15. The predicted octanol–water partition coefficient (Wildman–Crippen LogP) is 12.9. The molecular weight excluding hydrogens is 713 g/mol. The molecule has 0 saturated carbocycles. The summed E-state index contributed by atoms with van der Waals surface area (Å²) < 4.78 is 0. The van der Waals surface area contributed by atoms with Gasteiger partial charge in [0.25, 0.3) is 0 Å². The molecule has 2 aliphatic rings. The monoisotopic (exact) mass is 754 g/mol. The van der Waals surface area contributed by atoms with Crippen LogP contribution in [0.3, 0.4) is 0 Å². The first kappa shape index (κ1) is 35.0. The minimum absolute atomic E-state index is 0.128. The van der Waals surface area contributed by atoms with Crippen LogP contribution >= 0.6 is 46.2 Å². The standard InChI is InChI=1S/C44H42N4S4/c1-5-7-29-9-17-33(18-10-29)47(3)35-21-13-31(14-22-35)37-25-27-39(49-37)41-45-43-44(51-41)46-42(52-43)40-28-26-38(50-40)32-15-23-36(24-16-32)48(4)34-19-11-30(8-6-2)12-20-34/h9-28,43-44H,5-8H2,1-4H3. The van der Waals surface area contributed by atoms with Gasteiger partial charge in [0, 0.05) is 46.6 Å². The molecule has 6 aromatic rings. The van der Waals surface area contributed by atoms with Gasteiger partial charge in [0.15, 0.2) is 0 Å². The SMILES string of the molecule is CCCc1ccc(N(C)c2ccc(-c3ccc(C4=NC5SC(c6ccc(-c7ccc(N(C)c8ccc(CCC)cc8)cc7)s6)=NC5S4)s3)cc2)cc1. The molecule has 4 nitrogen and oxygen atoms in total. The summed E-state index contributed by atoms with van der Waals surface area (Å²) in [5.41, 5.74) is 10.0. The minimum Gasteiger partial charge on any atom is -0.345 e. The Morgan fingerprint density at radius 2 is 0.769 bits per heavy atom. The van der Waals surface area contributed by atoms with Gasteiger partial charge in [-0.3, -0.25) is 9.98 Å². The molecule has 4 heterocycles. The van der Waals surface area contributed by atoms with Crippen molar-refractivity contribution in [3.8, 4) is 20.9 Å². The van der Waals surface area contributed by atoms with E-state index in [9.17, 15) is 0 Å². The summed E-state index contributed by atoms with van der Waals surface area (Å²) in [6, 6.07) is 44.5. The van der Waals surface area contributed by atoms with Crippen LogP contribution in [0.15, 0.2) is 131 Å². The Labute approximate surface area is 324 Å². The highest BCUT2D eigenvalue weighted by Gasteiger charge is 2.38. The van der Waals surface area contributed by atoms with Gasteiger partial charge in [0.05, 0.1) is 9.75 Å². The third-order valence-electron chi connectivity index (χ3n) is 9.63. The van der Waals surface area contributed by atoms with E-state index in [1.807, 2.05) is 22.7 Å². The molecule has 0 N–H and O–H groups in total. The molecule has 2 atom stereocenters. The van der Waals surface area contributed by atoms with Crippen LogP contribution in [0.1, 0.15) is 47.6 Å². The molecule has 8 heteroatoms. The van der Waals surface area contributed by atoms with Gasteiger partial charge < -0.3 is 9.80 Å². The normalized spacial score (nSPS) is 16.5. The Hall–Kier alpha value is -4.08. The van der Waals surface area contributed by atoms with Gasteiger partial charge in [-0.05, 0) is 108 Å². The van der Waals surface area contributed by atoms with Crippen LogP contribution in [0.4, 0.5) is 22.7 Å². The van der Waals surface area contributed by atoms with Crippen LogP contribution in [0, 0.1) is 0 Å². The van der Waals surface area contributed by atoms with Crippen molar-refractivity contribution in [2.24, 2.45) is 9.98 Å². The first-order valence-corrected chi connectivity index (χ1v) is 21.4. The quantitative estimate of drug-likeness (QED) is 0.124. The number of aliphatic imine (C=N–C) groups is 2. The van der Waals surface area contributed by atoms with E-state index in [1.165, 1.54) is 77.4 Å². The van der Waals surface area contributed by atoms with Gasteiger partial charge >= 0.3 is 0 Å². The van der Waals surface area contributed by atoms with Crippen molar-refractivity contribution in [3.63, 3.8) is 0 Å². The van der Waals surface area contributed by atoms with Crippen molar-refractivity contribution in [2.75, 3.05) is 23.9 Å². The van der Waals surface area contributed by atoms with Gasteiger partial charge in [-0.25, -0.2) is 0 Å². The molecule has 0 aliphatic carbocycles. The van der Waals surface area contributed by atoms with E-state index in [1.54, 1.807) is 23.5 Å². The molecule has 52 heavy (non-hydrogen) atoms. The molecule has 0 amide bonds. The lowest BCUT2D eigenvalue weighted by Gasteiger charge is -2.20. The summed E-state index contributed by atoms with van der Waals surface area (Å²) in [4.78, 5) is 19.8. The number of rotatable bonds is 12. The largest absolute Gasteiger partial charge is 0.345 e. The summed E-state index contributed by atoms with van der Waals surface area (Å²) in [6.07, 6.45) is 4.59. The number of aryl methyl sites for hydroxylation is 2. The number of hydrogen-bond donors (Lipinski definition) is 0. The summed E-state index contributed by atoms with van der Waals surface area (Å²) in [5.74, 6) is 0. The number of hydrogen-bond acceptors (Lipinski definition) is 8. The first-order chi connectivity index (χ1) is 25.4. The van der Waals surface area contributed by atoms with Crippen LogP contribution in [-0.4, -0.2) is 34.9 Å². The van der Waals surface area contributed by atoms with Crippen LogP contribution in [0.2, 0.25) is 0 Å². The lowest BCUT2D eigenvalue weighted by atomic mass is 10.1. The van der Waals surface area contributed by atoms with E-state index >= 15 is 0 Å². The molecule has 0 fully saturated rings. The number of thioether (sulfide) groups is 2. The van der Waals surface area contributed by atoms with Crippen molar-refractivity contribution in [3.05, 3.63) is 142 Å². The number of thiophene rings is 2. The second-order valence-corrected chi connectivity index (χ2v) is 17.6. The van der Waals surface area contributed by atoms with Gasteiger partial charge in [0.1, 0.15) is 20.8 Å². The van der Waals surface area contributed by atoms with Crippen molar-refractivity contribution in [2.45, 2.75) is 50.3 Å². The fraction of sp³-hybridized carbons (Fsp3) is 0.227. The smallest absolute Gasteiger partial charge is 0.135 e. The van der Waals surface area contributed by atoms with E-state index in [0.29, 0.717) is 0 Å². The van der Waals surface area contributed by atoms with E-state index in [2.05, 4.69) is 159 Å². The highest BCUT2D eigenvalue weighted by atomic mass is 32.2. The van der Waals surface area contributed by atoms with Gasteiger partial charge in [-0.2, -0.15) is 0 Å². The average molecular weight is 755 g/mol. The molecule has 0 bridgehead atoms. The van der Waals surface area contributed by atoms with Crippen LogP contribution < -0.4 is 9.80 Å². The van der Waals surface area contributed by atoms with Crippen molar-refractivity contribution in [1.82, 2.24) is 0 Å². The number of nitrogens with zero attached hydrogens (tertiary/aromatic N) is 4. The Bertz CT molecular complexity index is 2040. The lowest BCUT2D eigenvalue weighted by molar-refractivity contribution is 0.898. The summed E-state index contributed by atoms with van der Waals surface area (Å²) in [5, 5.41) is 2.47. The highest BCUT2D eigenvalue weighted by Crippen LogP contribution is 2.46. The predicted molar refractivity (Wildman–Crippen MR) is 232 cm³/mol. The minimum atomic E-state index is 0.128. The Morgan fingerprint density at radius 3 is 1.12 bits per heavy atom. The zero-order valence-corrected chi connectivity index (χ0v) is 33.2. The second kappa shape index (κ2) is 15.5. The van der Waals surface area contributed by atoms with Crippen LogP contribution in [0.5, 0.6) is 0 Å². The van der Waals surface area contributed by atoms with E-state index in [0.717, 1.165) is 22.9 Å². The third-order valence-corrected chi connectivity index (χ3v) is 14.7. The summed E-state index contributed by atoms with van der Waals surface area (Å²) in [6.45, 7) is 4.45. The van der Waals surface area contributed by atoms with Gasteiger partial charge in [0.2, 0.25) is 0 Å². The Balaban J connectivity index is 0.879. The fourth-order valence-corrected chi connectivity index (χ4v) is 11.3. The first-order valence-electron chi connectivity index (χ1n) is 18.0. The van der Waals surface area contributed by atoms with E-state index in [-0.39, 0.29) is 10.7 Å². The molecule has 2 unspecified atom stereocenters. The zero-order chi connectivity index (χ0) is 35.6. The van der Waals surface area contributed by atoms with Crippen molar-refractivity contribution in [1.29, 1.82) is 0 Å². The van der Waals surface area contributed by atoms with Crippen molar-refractivity contribution < 1.29 is 0 Å².